The Morgan fingerprint density at radius 3 is 2.66 bits per heavy atom. The molecular formula is C23H18ClN3O3S2. The number of nitrogens with zero attached hydrogens (tertiary/aromatic N) is 3. The number of para-hydroxylation sites is 1. The first-order valence-corrected chi connectivity index (χ1v) is 12.4. The Balaban J connectivity index is 1.67. The van der Waals surface area contributed by atoms with E-state index in [1.165, 1.54) is 0 Å². The van der Waals surface area contributed by atoms with Crippen LogP contribution in [0.15, 0.2) is 71.6 Å². The lowest BCUT2D eigenvalue weighted by atomic mass is 10.2. The lowest BCUT2D eigenvalue weighted by molar-refractivity contribution is -0.384. The number of fused-ring (bicyclic) bond motifs is 1. The summed E-state index contributed by atoms with van der Waals surface area (Å²) in [5, 5.41) is 18.2. The molecule has 5 rings (SSSR count). The van der Waals surface area contributed by atoms with Crippen molar-refractivity contribution in [3.63, 3.8) is 0 Å². The number of halogens is 1. The summed E-state index contributed by atoms with van der Waals surface area (Å²) < 4.78 is 7.72. The Morgan fingerprint density at radius 1 is 1.19 bits per heavy atom. The van der Waals surface area contributed by atoms with E-state index >= 15 is 0 Å². The number of nitro benzene ring substituents is 1. The van der Waals surface area contributed by atoms with E-state index in [-0.39, 0.29) is 16.0 Å². The van der Waals surface area contributed by atoms with Gasteiger partial charge in [-0.05, 0) is 29.8 Å². The molecule has 1 atom stereocenters. The first kappa shape index (κ1) is 21.3. The van der Waals surface area contributed by atoms with Gasteiger partial charge in [0.2, 0.25) is 0 Å². The average Bonchev–Trinajstić information content (AvgIpc) is 3.47. The number of nitro groups is 1. The van der Waals surface area contributed by atoms with Crippen molar-refractivity contribution in [3.8, 4) is 5.69 Å². The highest BCUT2D eigenvalue weighted by atomic mass is 35.5. The number of rotatable bonds is 6. The summed E-state index contributed by atoms with van der Waals surface area (Å²) in [6.07, 6.45) is 0. The number of benzene rings is 3. The summed E-state index contributed by atoms with van der Waals surface area (Å²) in [5.74, 6) is 1.55. The average molecular weight is 484 g/mol. The molecule has 3 aromatic carbocycles. The predicted molar refractivity (Wildman–Crippen MR) is 130 cm³/mol. The molecule has 1 unspecified atom stereocenters. The van der Waals surface area contributed by atoms with Crippen LogP contribution >= 0.6 is 35.1 Å². The highest BCUT2D eigenvalue weighted by Crippen LogP contribution is 2.43. The summed E-state index contributed by atoms with van der Waals surface area (Å²) in [4.78, 5) is 12.2. The molecule has 1 fully saturated rings. The van der Waals surface area contributed by atoms with Gasteiger partial charge in [0.25, 0.3) is 5.69 Å². The Bertz CT molecular complexity index is 1270. The van der Waals surface area contributed by atoms with E-state index in [1.807, 2.05) is 54.6 Å². The largest absolute Gasteiger partial charge is 0.360 e. The molecule has 0 N–H and O–H groups in total. The van der Waals surface area contributed by atoms with Crippen molar-refractivity contribution in [1.82, 2.24) is 9.78 Å². The maximum absolute atomic E-state index is 11.7. The summed E-state index contributed by atoms with van der Waals surface area (Å²) in [7, 11) is 0. The third kappa shape index (κ3) is 4.23. The zero-order valence-electron chi connectivity index (χ0n) is 16.8. The molecule has 32 heavy (non-hydrogen) atoms. The van der Waals surface area contributed by atoms with Gasteiger partial charge in [-0.2, -0.15) is 5.10 Å². The second-order valence-electron chi connectivity index (χ2n) is 7.22. The predicted octanol–water partition coefficient (Wildman–Crippen LogP) is 6.64. The number of thioether (sulfide) groups is 2. The Hall–Kier alpha value is -2.52. The van der Waals surface area contributed by atoms with Crippen LogP contribution in [-0.4, -0.2) is 27.1 Å². The van der Waals surface area contributed by atoms with Crippen LogP contribution in [0.4, 0.5) is 5.69 Å². The molecule has 1 aliphatic heterocycles. The van der Waals surface area contributed by atoms with Crippen molar-refractivity contribution in [2.75, 3.05) is 12.4 Å². The molecule has 0 amide bonds. The summed E-state index contributed by atoms with van der Waals surface area (Å²) in [6, 6.07) is 20.5. The minimum absolute atomic E-state index is 0.0414. The van der Waals surface area contributed by atoms with Crippen molar-refractivity contribution in [2.24, 2.45) is 0 Å². The molecule has 0 spiro atoms. The van der Waals surface area contributed by atoms with E-state index in [0.29, 0.717) is 22.9 Å². The highest BCUT2D eigenvalue weighted by molar-refractivity contribution is 7.99. The molecule has 1 saturated heterocycles. The molecule has 162 valence electrons. The van der Waals surface area contributed by atoms with E-state index < -0.39 is 0 Å². The number of hydrogen-bond acceptors (Lipinski definition) is 6. The fourth-order valence-electron chi connectivity index (χ4n) is 3.63. The maximum Gasteiger partial charge on any atom is 0.272 e. The molecule has 0 aliphatic carbocycles. The third-order valence-corrected chi connectivity index (χ3v) is 7.55. The number of ether oxygens (including phenoxy) is 1. The highest BCUT2D eigenvalue weighted by Gasteiger charge is 2.28. The van der Waals surface area contributed by atoms with Crippen LogP contribution in [0.1, 0.15) is 16.7 Å². The van der Waals surface area contributed by atoms with Gasteiger partial charge in [0.15, 0.2) is 0 Å². The minimum Gasteiger partial charge on any atom is -0.360 e. The summed E-state index contributed by atoms with van der Waals surface area (Å²) >= 11 is 9.26. The van der Waals surface area contributed by atoms with Gasteiger partial charge in [0.05, 0.1) is 22.7 Å². The molecule has 0 bridgehead atoms. The lowest BCUT2D eigenvalue weighted by Crippen LogP contribution is -1.99. The van der Waals surface area contributed by atoms with E-state index in [9.17, 15) is 10.1 Å². The Labute approximate surface area is 198 Å². The molecule has 6 nitrogen and oxygen atoms in total. The molecule has 0 saturated carbocycles. The molecule has 0 radical (unpaired) electrons. The van der Waals surface area contributed by atoms with E-state index in [0.717, 1.165) is 33.0 Å². The monoisotopic (exact) mass is 483 g/mol. The van der Waals surface area contributed by atoms with Crippen LogP contribution < -0.4 is 0 Å². The van der Waals surface area contributed by atoms with Gasteiger partial charge < -0.3 is 4.74 Å². The van der Waals surface area contributed by atoms with E-state index in [1.54, 1.807) is 40.3 Å². The normalized spacial score (nSPS) is 16.0. The van der Waals surface area contributed by atoms with Crippen LogP contribution in [-0.2, 0) is 10.5 Å². The van der Waals surface area contributed by atoms with Crippen LogP contribution in [0.5, 0.6) is 0 Å². The first-order chi connectivity index (χ1) is 15.6. The van der Waals surface area contributed by atoms with Crippen LogP contribution in [0.3, 0.4) is 0 Å². The van der Waals surface area contributed by atoms with E-state index in [2.05, 4.69) is 0 Å². The molecular weight excluding hydrogens is 466 g/mol. The van der Waals surface area contributed by atoms with Crippen molar-refractivity contribution < 1.29 is 9.66 Å². The van der Waals surface area contributed by atoms with Gasteiger partial charge in [0, 0.05) is 38.9 Å². The molecule has 9 heteroatoms. The number of hydrogen-bond donors (Lipinski definition) is 0. The minimum atomic E-state index is -0.353. The van der Waals surface area contributed by atoms with Crippen molar-refractivity contribution >= 4 is 51.7 Å². The third-order valence-electron chi connectivity index (χ3n) is 5.12. The van der Waals surface area contributed by atoms with Gasteiger partial charge in [-0.15, -0.1) is 23.5 Å². The summed E-state index contributed by atoms with van der Waals surface area (Å²) in [6.45, 7) is 0.662. The lowest BCUT2D eigenvalue weighted by Gasteiger charge is -2.09. The second-order valence-corrected chi connectivity index (χ2v) is 9.84. The van der Waals surface area contributed by atoms with Crippen LogP contribution in [0.2, 0.25) is 5.02 Å². The topological polar surface area (TPSA) is 70.2 Å². The van der Waals surface area contributed by atoms with Crippen molar-refractivity contribution in [1.29, 1.82) is 0 Å². The van der Waals surface area contributed by atoms with Crippen LogP contribution in [0, 0.1) is 10.1 Å². The Kier molecular flexibility index (Phi) is 6.10. The molecule has 1 aliphatic rings. The van der Waals surface area contributed by atoms with Crippen molar-refractivity contribution in [2.45, 2.75) is 16.1 Å². The van der Waals surface area contributed by atoms with Gasteiger partial charge in [-0.3, -0.25) is 10.1 Å². The van der Waals surface area contributed by atoms with Gasteiger partial charge in [0.1, 0.15) is 11.1 Å². The Morgan fingerprint density at radius 2 is 1.97 bits per heavy atom. The number of non-ortho nitro benzene ring substituents is 1. The fraction of sp³-hybridized carbons (Fsp3) is 0.174. The standard InChI is InChI=1S/C23H18ClN3O3S2/c24-16-8-6-15(7-9-16)14-32-20-13-18(27(28)29)12-19-21(20)22(23-30-10-11-31-23)25-26(19)17-4-2-1-3-5-17/h1-9,12-13,23H,10-11,14H2. The van der Waals surface area contributed by atoms with Crippen molar-refractivity contribution in [3.05, 3.63) is 93.1 Å². The molecule has 2 heterocycles. The number of aromatic nitrogens is 2. The maximum atomic E-state index is 11.7. The van der Waals surface area contributed by atoms with Gasteiger partial charge >= 0.3 is 0 Å². The zero-order chi connectivity index (χ0) is 22.1. The smallest absolute Gasteiger partial charge is 0.272 e. The van der Waals surface area contributed by atoms with Crippen LogP contribution in [0.25, 0.3) is 16.6 Å². The van der Waals surface area contributed by atoms with Gasteiger partial charge in [-0.25, -0.2) is 4.68 Å². The first-order valence-electron chi connectivity index (χ1n) is 9.97. The second kappa shape index (κ2) is 9.15. The van der Waals surface area contributed by atoms with E-state index in [4.69, 9.17) is 21.4 Å². The molecule has 4 aromatic rings. The summed E-state index contributed by atoms with van der Waals surface area (Å²) in [5.41, 5.74) is 3.29. The SMILES string of the molecule is O=[N+]([O-])c1cc(SCc2ccc(Cl)cc2)c2c(C3OCCS3)nn(-c3ccccc3)c2c1. The molecule has 1 aromatic heterocycles. The zero-order valence-corrected chi connectivity index (χ0v) is 19.2. The fourth-order valence-corrected chi connectivity index (χ4v) is 5.75. The quantitative estimate of drug-likeness (QED) is 0.174. The van der Waals surface area contributed by atoms with Gasteiger partial charge in [-0.1, -0.05) is 41.9 Å².